The molecule has 0 aliphatic heterocycles. The standard InChI is InChI=1S/C15H14Cl2O3/c1-19-14-6-5-12(16)7-11(14)9-20-15-10(8-18)3-2-4-13(15)17/h2-7,18H,8-9H2,1H3. The van der Waals surface area contributed by atoms with Crippen LogP contribution in [0.4, 0.5) is 0 Å². The minimum atomic E-state index is -0.136. The van der Waals surface area contributed by atoms with Crippen LogP contribution in [0.3, 0.4) is 0 Å². The predicted octanol–water partition coefficient (Wildman–Crippen LogP) is 4.07. The Morgan fingerprint density at radius 1 is 1.10 bits per heavy atom. The minimum Gasteiger partial charge on any atom is -0.496 e. The van der Waals surface area contributed by atoms with Crippen LogP contribution in [-0.4, -0.2) is 12.2 Å². The number of hydrogen-bond acceptors (Lipinski definition) is 3. The summed E-state index contributed by atoms with van der Waals surface area (Å²) in [6, 6.07) is 10.5. The van der Waals surface area contributed by atoms with E-state index in [-0.39, 0.29) is 13.2 Å². The fourth-order valence-corrected chi connectivity index (χ4v) is 2.29. The van der Waals surface area contributed by atoms with Gasteiger partial charge in [0, 0.05) is 16.1 Å². The van der Waals surface area contributed by atoms with Gasteiger partial charge in [-0.2, -0.15) is 0 Å². The summed E-state index contributed by atoms with van der Waals surface area (Å²) in [6.45, 7) is 0.114. The average Bonchev–Trinajstić information content (AvgIpc) is 2.46. The lowest BCUT2D eigenvalue weighted by atomic mass is 10.2. The summed E-state index contributed by atoms with van der Waals surface area (Å²) >= 11 is 12.1. The second-order valence-electron chi connectivity index (χ2n) is 4.13. The Balaban J connectivity index is 2.23. The summed E-state index contributed by atoms with van der Waals surface area (Å²) in [6.07, 6.45) is 0. The van der Waals surface area contributed by atoms with Gasteiger partial charge >= 0.3 is 0 Å². The number of hydrogen-bond donors (Lipinski definition) is 1. The quantitative estimate of drug-likeness (QED) is 0.904. The van der Waals surface area contributed by atoms with Crippen molar-refractivity contribution in [1.82, 2.24) is 0 Å². The fraction of sp³-hybridized carbons (Fsp3) is 0.200. The highest BCUT2D eigenvalue weighted by Crippen LogP contribution is 2.31. The Labute approximate surface area is 127 Å². The number of methoxy groups -OCH3 is 1. The van der Waals surface area contributed by atoms with Gasteiger partial charge in [0.1, 0.15) is 18.1 Å². The summed E-state index contributed by atoms with van der Waals surface area (Å²) in [5.41, 5.74) is 1.45. The maximum absolute atomic E-state index is 9.30. The van der Waals surface area contributed by atoms with Crippen molar-refractivity contribution in [2.24, 2.45) is 0 Å². The predicted molar refractivity (Wildman–Crippen MR) is 79.7 cm³/mol. The zero-order valence-corrected chi connectivity index (χ0v) is 12.4. The first-order chi connectivity index (χ1) is 9.65. The van der Waals surface area contributed by atoms with Gasteiger partial charge in [-0.1, -0.05) is 35.3 Å². The topological polar surface area (TPSA) is 38.7 Å². The number of para-hydroxylation sites is 1. The normalized spacial score (nSPS) is 10.4. The van der Waals surface area contributed by atoms with E-state index in [9.17, 15) is 5.11 Å². The molecule has 5 heteroatoms. The Morgan fingerprint density at radius 3 is 2.60 bits per heavy atom. The molecule has 0 heterocycles. The molecule has 0 saturated carbocycles. The highest BCUT2D eigenvalue weighted by molar-refractivity contribution is 6.32. The summed E-state index contributed by atoms with van der Waals surface area (Å²) in [5.74, 6) is 1.16. The first-order valence-corrected chi connectivity index (χ1v) is 6.74. The number of benzene rings is 2. The molecule has 106 valence electrons. The zero-order valence-electron chi connectivity index (χ0n) is 10.9. The number of rotatable bonds is 5. The van der Waals surface area contributed by atoms with Gasteiger partial charge in [-0.3, -0.25) is 0 Å². The molecule has 0 aromatic heterocycles. The lowest BCUT2D eigenvalue weighted by molar-refractivity contribution is 0.257. The molecular weight excluding hydrogens is 299 g/mol. The van der Waals surface area contributed by atoms with Crippen molar-refractivity contribution in [3.05, 3.63) is 57.6 Å². The van der Waals surface area contributed by atoms with Crippen LogP contribution in [0.1, 0.15) is 11.1 Å². The van der Waals surface area contributed by atoms with Gasteiger partial charge in [0.2, 0.25) is 0 Å². The molecule has 2 aromatic rings. The summed E-state index contributed by atoms with van der Waals surface area (Å²) < 4.78 is 11.0. The lowest BCUT2D eigenvalue weighted by Gasteiger charge is -2.14. The molecule has 0 unspecified atom stereocenters. The Hall–Kier alpha value is -1.42. The average molecular weight is 313 g/mol. The molecule has 3 nitrogen and oxygen atoms in total. The maximum Gasteiger partial charge on any atom is 0.143 e. The van der Waals surface area contributed by atoms with Crippen LogP contribution < -0.4 is 9.47 Å². The zero-order chi connectivity index (χ0) is 14.5. The van der Waals surface area contributed by atoms with Crippen molar-refractivity contribution in [1.29, 1.82) is 0 Å². The van der Waals surface area contributed by atoms with Crippen LogP contribution in [0.25, 0.3) is 0 Å². The first-order valence-electron chi connectivity index (χ1n) is 5.99. The molecule has 0 aliphatic carbocycles. The van der Waals surface area contributed by atoms with Crippen LogP contribution in [0.2, 0.25) is 10.0 Å². The molecule has 0 amide bonds. The molecule has 1 N–H and O–H groups in total. The third kappa shape index (κ3) is 3.37. The summed E-state index contributed by atoms with van der Waals surface area (Å²) in [7, 11) is 1.58. The highest BCUT2D eigenvalue weighted by atomic mass is 35.5. The van der Waals surface area contributed by atoms with Crippen LogP contribution in [0, 0.1) is 0 Å². The van der Waals surface area contributed by atoms with E-state index in [0.29, 0.717) is 27.1 Å². The second kappa shape index (κ2) is 6.84. The smallest absolute Gasteiger partial charge is 0.143 e. The molecule has 0 fully saturated rings. The monoisotopic (exact) mass is 312 g/mol. The van der Waals surface area contributed by atoms with E-state index >= 15 is 0 Å². The maximum atomic E-state index is 9.30. The summed E-state index contributed by atoms with van der Waals surface area (Å²) in [4.78, 5) is 0. The molecule has 0 radical (unpaired) electrons. The van der Waals surface area contributed by atoms with E-state index < -0.39 is 0 Å². The Kier molecular flexibility index (Phi) is 5.12. The van der Waals surface area contributed by atoms with Gasteiger partial charge in [0.05, 0.1) is 18.7 Å². The molecular formula is C15H14Cl2O3. The number of aliphatic hydroxyl groups is 1. The number of halogens is 2. The highest BCUT2D eigenvalue weighted by Gasteiger charge is 2.10. The Bertz CT molecular complexity index is 600. The fourth-order valence-electron chi connectivity index (χ4n) is 1.85. The van der Waals surface area contributed by atoms with E-state index in [1.807, 2.05) is 0 Å². The van der Waals surface area contributed by atoms with E-state index in [1.54, 1.807) is 43.5 Å². The first kappa shape index (κ1) is 15.0. The van der Waals surface area contributed by atoms with Crippen LogP contribution in [-0.2, 0) is 13.2 Å². The largest absolute Gasteiger partial charge is 0.496 e. The van der Waals surface area contributed by atoms with Crippen molar-refractivity contribution in [2.75, 3.05) is 7.11 Å². The van der Waals surface area contributed by atoms with Gasteiger partial charge < -0.3 is 14.6 Å². The van der Waals surface area contributed by atoms with Crippen molar-refractivity contribution < 1.29 is 14.6 Å². The Morgan fingerprint density at radius 2 is 1.90 bits per heavy atom. The molecule has 0 aliphatic rings. The molecule has 0 spiro atoms. The SMILES string of the molecule is COc1ccc(Cl)cc1COc1c(Cl)cccc1CO. The molecule has 0 atom stereocenters. The summed E-state index contributed by atoms with van der Waals surface area (Å²) in [5, 5.41) is 10.4. The third-order valence-corrected chi connectivity index (χ3v) is 3.37. The molecule has 20 heavy (non-hydrogen) atoms. The van der Waals surface area contributed by atoms with Crippen molar-refractivity contribution in [2.45, 2.75) is 13.2 Å². The molecule has 2 aromatic carbocycles. The van der Waals surface area contributed by atoms with E-state index in [2.05, 4.69) is 0 Å². The molecule has 2 rings (SSSR count). The van der Waals surface area contributed by atoms with Gasteiger partial charge in [0.15, 0.2) is 0 Å². The number of ether oxygens (including phenoxy) is 2. The van der Waals surface area contributed by atoms with E-state index in [4.69, 9.17) is 32.7 Å². The van der Waals surface area contributed by atoms with Crippen LogP contribution >= 0.6 is 23.2 Å². The number of aliphatic hydroxyl groups excluding tert-OH is 1. The lowest BCUT2D eigenvalue weighted by Crippen LogP contribution is -2.01. The minimum absolute atomic E-state index is 0.136. The van der Waals surface area contributed by atoms with Crippen LogP contribution in [0.5, 0.6) is 11.5 Å². The van der Waals surface area contributed by atoms with E-state index in [0.717, 1.165) is 5.56 Å². The van der Waals surface area contributed by atoms with Gasteiger partial charge in [0.25, 0.3) is 0 Å². The van der Waals surface area contributed by atoms with Crippen molar-refractivity contribution in [3.8, 4) is 11.5 Å². The molecule has 0 saturated heterocycles. The van der Waals surface area contributed by atoms with Gasteiger partial charge in [-0.15, -0.1) is 0 Å². The van der Waals surface area contributed by atoms with Gasteiger partial charge in [-0.25, -0.2) is 0 Å². The third-order valence-electron chi connectivity index (χ3n) is 2.83. The van der Waals surface area contributed by atoms with Gasteiger partial charge in [-0.05, 0) is 24.3 Å². The molecule has 0 bridgehead atoms. The second-order valence-corrected chi connectivity index (χ2v) is 4.97. The van der Waals surface area contributed by atoms with Crippen LogP contribution in [0.15, 0.2) is 36.4 Å². The van der Waals surface area contributed by atoms with E-state index in [1.165, 1.54) is 0 Å². The van der Waals surface area contributed by atoms with Crippen molar-refractivity contribution in [3.63, 3.8) is 0 Å². The van der Waals surface area contributed by atoms with Crippen molar-refractivity contribution >= 4 is 23.2 Å².